The quantitative estimate of drug-likeness (QED) is 0.505. The molecule has 0 saturated heterocycles. The van der Waals surface area contributed by atoms with Crippen LogP contribution < -0.4 is 10.1 Å². The van der Waals surface area contributed by atoms with Crippen LogP contribution in [-0.2, 0) is 13.1 Å². The van der Waals surface area contributed by atoms with Crippen molar-refractivity contribution in [2.45, 2.75) is 25.6 Å². The highest BCUT2D eigenvalue weighted by atomic mass is 32.1. The second kappa shape index (κ2) is 10.4. The highest BCUT2D eigenvalue weighted by Crippen LogP contribution is 2.29. The van der Waals surface area contributed by atoms with Gasteiger partial charge in [-0.2, -0.15) is 0 Å². The van der Waals surface area contributed by atoms with Crippen LogP contribution in [0.2, 0.25) is 0 Å². The Hall–Kier alpha value is -2.21. The van der Waals surface area contributed by atoms with Gasteiger partial charge in [0.2, 0.25) is 0 Å². The van der Waals surface area contributed by atoms with Gasteiger partial charge in [-0.1, -0.05) is 42.5 Å². The second-order valence-corrected chi connectivity index (χ2v) is 7.90. The summed E-state index contributed by atoms with van der Waals surface area (Å²) in [5.74, 6) is 0.345. The van der Waals surface area contributed by atoms with E-state index in [0.29, 0.717) is 17.9 Å². The number of halogens is 1. The van der Waals surface area contributed by atoms with Gasteiger partial charge in [-0.05, 0) is 43.7 Å². The third-order valence-corrected chi connectivity index (χ3v) is 5.52. The first-order valence-electron chi connectivity index (χ1n) is 9.51. The Morgan fingerprint density at radius 1 is 1.07 bits per heavy atom. The summed E-state index contributed by atoms with van der Waals surface area (Å²) in [4.78, 5) is 3.26. The van der Waals surface area contributed by atoms with Crippen LogP contribution in [0.15, 0.2) is 66.0 Å². The Labute approximate surface area is 170 Å². The number of nitrogens with one attached hydrogen (secondary N) is 1. The van der Waals surface area contributed by atoms with Crippen molar-refractivity contribution in [3.05, 3.63) is 87.9 Å². The number of nitrogens with zero attached hydrogens (tertiary/aromatic N) is 1. The second-order valence-electron chi connectivity index (χ2n) is 6.93. The SMILES string of the molecule is CNCCC(Oc1ccc(CN(C)Cc2ccccc2)c(F)c1)c1cccs1. The third kappa shape index (κ3) is 5.89. The maximum absolute atomic E-state index is 14.7. The fraction of sp³-hybridized carbons (Fsp3) is 0.304. The first-order chi connectivity index (χ1) is 13.7. The molecule has 148 valence electrons. The predicted octanol–water partition coefficient (Wildman–Crippen LogP) is 5.25. The number of benzene rings is 2. The van der Waals surface area contributed by atoms with Gasteiger partial charge in [-0.3, -0.25) is 4.90 Å². The lowest BCUT2D eigenvalue weighted by Gasteiger charge is -2.20. The molecule has 5 heteroatoms. The van der Waals surface area contributed by atoms with E-state index in [1.165, 1.54) is 11.6 Å². The van der Waals surface area contributed by atoms with Gasteiger partial charge in [0.05, 0.1) is 0 Å². The van der Waals surface area contributed by atoms with Crippen molar-refractivity contribution in [1.29, 1.82) is 0 Å². The average Bonchev–Trinajstić information content (AvgIpc) is 3.22. The first-order valence-corrected chi connectivity index (χ1v) is 10.4. The van der Waals surface area contributed by atoms with E-state index in [2.05, 4.69) is 28.4 Å². The molecule has 0 aliphatic rings. The molecule has 0 radical (unpaired) electrons. The van der Waals surface area contributed by atoms with Crippen molar-refractivity contribution in [3.8, 4) is 5.75 Å². The molecule has 2 aromatic carbocycles. The van der Waals surface area contributed by atoms with Gasteiger partial charge in [0, 0.05) is 36.0 Å². The predicted molar refractivity (Wildman–Crippen MR) is 114 cm³/mol. The molecule has 3 aromatic rings. The average molecular weight is 399 g/mol. The summed E-state index contributed by atoms with van der Waals surface area (Å²) in [7, 11) is 3.92. The molecule has 3 rings (SSSR count). The fourth-order valence-electron chi connectivity index (χ4n) is 3.14. The van der Waals surface area contributed by atoms with Crippen LogP contribution in [0.3, 0.4) is 0 Å². The summed E-state index contributed by atoms with van der Waals surface area (Å²) in [5, 5.41) is 5.19. The van der Waals surface area contributed by atoms with E-state index in [9.17, 15) is 4.39 Å². The van der Waals surface area contributed by atoms with E-state index < -0.39 is 0 Å². The van der Waals surface area contributed by atoms with Gasteiger partial charge < -0.3 is 10.1 Å². The van der Waals surface area contributed by atoms with E-state index in [4.69, 9.17) is 4.74 Å². The van der Waals surface area contributed by atoms with E-state index in [1.807, 2.05) is 55.9 Å². The Balaban J connectivity index is 1.64. The number of rotatable bonds is 10. The lowest BCUT2D eigenvalue weighted by atomic mass is 10.1. The highest BCUT2D eigenvalue weighted by Gasteiger charge is 2.15. The maximum atomic E-state index is 14.7. The molecule has 0 aliphatic heterocycles. The van der Waals surface area contributed by atoms with Crippen molar-refractivity contribution >= 4 is 11.3 Å². The van der Waals surface area contributed by atoms with Gasteiger partial charge in [-0.25, -0.2) is 4.39 Å². The maximum Gasteiger partial charge on any atom is 0.134 e. The number of hydrogen-bond acceptors (Lipinski definition) is 4. The van der Waals surface area contributed by atoms with Crippen molar-refractivity contribution in [1.82, 2.24) is 10.2 Å². The van der Waals surface area contributed by atoms with Crippen molar-refractivity contribution in [3.63, 3.8) is 0 Å². The minimum Gasteiger partial charge on any atom is -0.485 e. The summed E-state index contributed by atoms with van der Waals surface area (Å²) in [6.45, 7) is 2.17. The molecule has 0 fully saturated rings. The van der Waals surface area contributed by atoms with Crippen LogP contribution in [0.5, 0.6) is 5.75 Å². The number of ether oxygens (including phenoxy) is 1. The van der Waals surface area contributed by atoms with Crippen LogP contribution in [-0.4, -0.2) is 25.5 Å². The molecule has 0 spiro atoms. The molecule has 1 unspecified atom stereocenters. The lowest BCUT2D eigenvalue weighted by molar-refractivity contribution is 0.197. The zero-order valence-electron chi connectivity index (χ0n) is 16.4. The Morgan fingerprint density at radius 2 is 1.89 bits per heavy atom. The van der Waals surface area contributed by atoms with Gasteiger partial charge >= 0.3 is 0 Å². The topological polar surface area (TPSA) is 24.5 Å². The molecule has 3 nitrogen and oxygen atoms in total. The molecule has 0 saturated carbocycles. The fourth-order valence-corrected chi connectivity index (χ4v) is 3.93. The third-order valence-electron chi connectivity index (χ3n) is 4.56. The Bertz CT molecular complexity index is 839. The summed E-state index contributed by atoms with van der Waals surface area (Å²) in [6.07, 6.45) is 0.763. The van der Waals surface area contributed by atoms with Gasteiger partial charge in [0.15, 0.2) is 0 Å². The molecule has 0 aliphatic carbocycles. The van der Waals surface area contributed by atoms with E-state index >= 15 is 0 Å². The smallest absolute Gasteiger partial charge is 0.134 e. The molecular weight excluding hydrogens is 371 g/mol. The summed E-state index contributed by atoms with van der Waals surface area (Å²) < 4.78 is 20.8. The van der Waals surface area contributed by atoms with E-state index in [1.54, 1.807) is 11.3 Å². The molecule has 1 aromatic heterocycles. The molecule has 1 atom stereocenters. The van der Waals surface area contributed by atoms with Crippen molar-refractivity contribution in [2.75, 3.05) is 20.6 Å². The van der Waals surface area contributed by atoms with Gasteiger partial charge in [0.25, 0.3) is 0 Å². The molecule has 0 amide bonds. The number of hydrogen-bond donors (Lipinski definition) is 1. The van der Waals surface area contributed by atoms with Crippen LogP contribution >= 0.6 is 11.3 Å². The van der Waals surface area contributed by atoms with E-state index in [0.717, 1.165) is 24.4 Å². The van der Waals surface area contributed by atoms with Crippen LogP contribution in [0.4, 0.5) is 4.39 Å². The van der Waals surface area contributed by atoms with Crippen molar-refractivity contribution < 1.29 is 9.13 Å². The van der Waals surface area contributed by atoms with Gasteiger partial charge in [0.1, 0.15) is 17.7 Å². The highest BCUT2D eigenvalue weighted by molar-refractivity contribution is 7.10. The zero-order chi connectivity index (χ0) is 19.8. The molecule has 28 heavy (non-hydrogen) atoms. The minimum absolute atomic E-state index is 0.0709. The number of thiophene rings is 1. The largest absolute Gasteiger partial charge is 0.485 e. The summed E-state index contributed by atoms with van der Waals surface area (Å²) in [5.41, 5.74) is 1.89. The molecule has 1 N–H and O–H groups in total. The minimum atomic E-state index is -0.226. The zero-order valence-corrected chi connectivity index (χ0v) is 17.2. The molecule has 1 heterocycles. The van der Waals surface area contributed by atoms with Gasteiger partial charge in [-0.15, -0.1) is 11.3 Å². The summed E-state index contributed by atoms with van der Waals surface area (Å²) >= 11 is 1.66. The van der Waals surface area contributed by atoms with E-state index in [-0.39, 0.29) is 11.9 Å². The monoisotopic (exact) mass is 398 g/mol. The summed E-state index contributed by atoms with van der Waals surface area (Å²) in [6, 6.07) is 19.5. The normalized spacial score (nSPS) is 12.3. The van der Waals surface area contributed by atoms with Crippen molar-refractivity contribution in [2.24, 2.45) is 0 Å². The van der Waals surface area contributed by atoms with Crippen LogP contribution in [0.25, 0.3) is 0 Å². The lowest BCUT2D eigenvalue weighted by Crippen LogP contribution is -2.18. The Kier molecular flexibility index (Phi) is 7.60. The van der Waals surface area contributed by atoms with Crippen LogP contribution in [0.1, 0.15) is 28.5 Å². The first kappa shape index (κ1) is 20.5. The Morgan fingerprint density at radius 3 is 2.57 bits per heavy atom. The standard InChI is InChI=1S/C23H27FN2OS/c1-25-13-12-22(23-9-6-14-28-23)27-20-11-10-19(21(24)15-20)17-26(2)16-18-7-4-3-5-8-18/h3-11,14-15,22,25H,12-13,16-17H2,1-2H3. The molecular formula is C23H27FN2OS. The van der Waals surface area contributed by atoms with Crippen LogP contribution in [0, 0.1) is 5.82 Å². The molecule has 0 bridgehead atoms.